The number of anilines is 1. The van der Waals surface area contributed by atoms with Gasteiger partial charge in [0.25, 0.3) is 0 Å². The minimum atomic E-state index is 0.839. The molecule has 2 aromatic carbocycles. The SMILES string of the molecule is Cn1c2ccccc2c2cccc(N)c21. The Morgan fingerprint density at radius 3 is 2.53 bits per heavy atom. The quantitative estimate of drug-likeness (QED) is 0.551. The normalized spacial score (nSPS) is 11.3. The molecule has 2 heteroatoms. The molecule has 0 bridgehead atoms. The molecule has 0 spiro atoms. The van der Waals surface area contributed by atoms with Crippen LogP contribution in [-0.4, -0.2) is 4.57 Å². The number of rotatable bonds is 0. The fourth-order valence-electron chi connectivity index (χ4n) is 2.27. The van der Waals surface area contributed by atoms with Crippen molar-refractivity contribution in [3.63, 3.8) is 0 Å². The Kier molecular flexibility index (Phi) is 1.54. The first-order valence-electron chi connectivity index (χ1n) is 5.00. The molecule has 2 N–H and O–H groups in total. The predicted molar refractivity (Wildman–Crippen MR) is 64.8 cm³/mol. The summed E-state index contributed by atoms with van der Waals surface area (Å²) in [7, 11) is 2.06. The van der Waals surface area contributed by atoms with E-state index in [9.17, 15) is 0 Å². The lowest BCUT2D eigenvalue weighted by Gasteiger charge is -2.00. The van der Waals surface area contributed by atoms with Gasteiger partial charge in [0.2, 0.25) is 0 Å². The average Bonchev–Trinajstić information content (AvgIpc) is 2.55. The number of hydrogen-bond acceptors (Lipinski definition) is 1. The molecule has 0 unspecified atom stereocenters. The number of aryl methyl sites for hydroxylation is 1. The van der Waals surface area contributed by atoms with Crippen molar-refractivity contribution in [3.8, 4) is 0 Å². The zero-order valence-electron chi connectivity index (χ0n) is 8.57. The summed E-state index contributed by atoms with van der Waals surface area (Å²) in [5, 5.41) is 2.50. The summed E-state index contributed by atoms with van der Waals surface area (Å²) in [5.41, 5.74) is 9.19. The predicted octanol–water partition coefficient (Wildman–Crippen LogP) is 2.91. The van der Waals surface area contributed by atoms with E-state index in [0.717, 1.165) is 11.2 Å². The van der Waals surface area contributed by atoms with Crippen molar-refractivity contribution in [3.05, 3.63) is 42.5 Å². The van der Waals surface area contributed by atoms with Crippen LogP contribution in [0.15, 0.2) is 42.5 Å². The molecule has 0 atom stereocenters. The van der Waals surface area contributed by atoms with Gasteiger partial charge in [0, 0.05) is 23.3 Å². The highest BCUT2D eigenvalue weighted by atomic mass is 14.9. The Morgan fingerprint density at radius 2 is 1.67 bits per heavy atom. The number of nitrogens with zero attached hydrogens (tertiary/aromatic N) is 1. The number of benzene rings is 2. The van der Waals surface area contributed by atoms with E-state index in [1.54, 1.807) is 0 Å². The van der Waals surface area contributed by atoms with Gasteiger partial charge in [0.1, 0.15) is 0 Å². The molecule has 0 radical (unpaired) electrons. The average molecular weight is 196 g/mol. The van der Waals surface area contributed by atoms with Crippen LogP contribution in [0.1, 0.15) is 0 Å². The van der Waals surface area contributed by atoms with Crippen LogP contribution in [0.5, 0.6) is 0 Å². The van der Waals surface area contributed by atoms with Crippen LogP contribution in [-0.2, 0) is 7.05 Å². The van der Waals surface area contributed by atoms with Crippen molar-refractivity contribution in [1.82, 2.24) is 4.57 Å². The van der Waals surface area contributed by atoms with Gasteiger partial charge in [-0.1, -0.05) is 30.3 Å². The zero-order chi connectivity index (χ0) is 10.4. The number of para-hydroxylation sites is 2. The summed E-state index contributed by atoms with van der Waals surface area (Å²) in [5.74, 6) is 0. The molecule has 1 aromatic heterocycles. The molecule has 74 valence electrons. The standard InChI is InChI=1S/C13H12N2/c1-15-12-8-3-2-5-9(12)10-6-4-7-11(14)13(10)15/h2-8H,14H2,1H3. The van der Waals surface area contributed by atoms with Gasteiger partial charge < -0.3 is 10.3 Å². The maximum absolute atomic E-state index is 6.00. The molecule has 0 fully saturated rings. The monoisotopic (exact) mass is 196 g/mol. The third-order valence-corrected chi connectivity index (χ3v) is 2.96. The van der Waals surface area contributed by atoms with E-state index in [0.29, 0.717) is 0 Å². The Balaban J connectivity index is 2.69. The number of nitrogens with two attached hydrogens (primary N) is 1. The topological polar surface area (TPSA) is 30.9 Å². The molecule has 0 aliphatic carbocycles. The van der Waals surface area contributed by atoms with E-state index in [4.69, 9.17) is 5.73 Å². The largest absolute Gasteiger partial charge is 0.397 e. The third-order valence-electron chi connectivity index (χ3n) is 2.96. The Morgan fingerprint density at radius 1 is 0.933 bits per heavy atom. The summed E-state index contributed by atoms with van der Waals surface area (Å²) >= 11 is 0. The zero-order valence-corrected chi connectivity index (χ0v) is 8.57. The Hall–Kier alpha value is -1.96. The molecule has 0 aliphatic rings. The molecule has 0 saturated heterocycles. The van der Waals surface area contributed by atoms with E-state index in [2.05, 4.69) is 41.9 Å². The summed E-state index contributed by atoms with van der Waals surface area (Å²) < 4.78 is 2.15. The molecular formula is C13H12N2. The molecule has 0 amide bonds. The van der Waals surface area contributed by atoms with Crippen molar-refractivity contribution < 1.29 is 0 Å². The van der Waals surface area contributed by atoms with Crippen LogP contribution < -0.4 is 5.73 Å². The van der Waals surface area contributed by atoms with Crippen molar-refractivity contribution in [2.75, 3.05) is 5.73 Å². The van der Waals surface area contributed by atoms with Gasteiger partial charge in [-0.25, -0.2) is 0 Å². The van der Waals surface area contributed by atoms with Crippen molar-refractivity contribution in [1.29, 1.82) is 0 Å². The minimum absolute atomic E-state index is 0.839. The molecule has 0 aliphatic heterocycles. The summed E-state index contributed by atoms with van der Waals surface area (Å²) in [6, 6.07) is 14.4. The fourth-order valence-corrected chi connectivity index (χ4v) is 2.27. The molecule has 3 rings (SSSR count). The number of nitrogen functional groups attached to an aromatic ring is 1. The summed E-state index contributed by atoms with van der Waals surface area (Å²) in [6.45, 7) is 0. The molecule has 1 heterocycles. The Labute approximate surface area is 87.9 Å². The number of aromatic nitrogens is 1. The molecule has 3 aromatic rings. The van der Waals surface area contributed by atoms with E-state index in [-0.39, 0.29) is 0 Å². The molecular weight excluding hydrogens is 184 g/mol. The molecule has 2 nitrogen and oxygen atoms in total. The number of hydrogen-bond donors (Lipinski definition) is 1. The smallest absolute Gasteiger partial charge is 0.0722 e. The van der Waals surface area contributed by atoms with Crippen LogP contribution in [0.2, 0.25) is 0 Å². The van der Waals surface area contributed by atoms with Crippen molar-refractivity contribution in [2.45, 2.75) is 0 Å². The molecule has 0 saturated carbocycles. The first-order valence-corrected chi connectivity index (χ1v) is 5.00. The summed E-state index contributed by atoms with van der Waals surface area (Å²) in [4.78, 5) is 0. The van der Waals surface area contributed by atoms with Crippen LogP contribution in [0.25, 0.3) is 21.8 Å². The van der Waals surface area contributed by atoms with E-state index in [1.807, 2.05) is 12.1 Å². The highest BCUT2D eigenvalue weighted by molar-refractivity contribution is 6.11. The van der Waals surface area contributed by atoms with Gasteiger partial charge in [-0.2, -0.15) is 0 Å². The highest BCUT2D eigenvalue weighted by Gasteiger charge is 2.08. The molecule has 15 heavy (non-hydrogen) atoms. The van der Waals surface area contributed by atoms with Gasteiger partial charge >= 0.3 is 0 Å². The lowest BCUT2D eigenvalue weighted by molar-refractivity contribution is 1.02. The van der Waals surface area contributed by atoms with Gasteiger partial charge in [-0.3, -0.25) is 0 Å². The Bertz CT molecular complexity index is 650. The van der Waals surface area contributed by atoms with Crippen molar-refractivity contribution in [2.24, 2.45) is 7.05 Å². The maximum Gasteiger partial charge on any atom is 0.0722 e. The lowest BCUT2D eigenvalue weighted by Crippen LogP contribution is -1.92. The first kappa shape index (κ1) is 8.36. The second kappa shape index (κ2) is 2.76. The highest BCUT2D eigenvalue weighted by Crippen LogP contribution is 2.30. The first-order chi connectivity index (χ1) is 7.29. The summed E-state index contributed by atoms with van der Waals surface area (Å²) in [6.07, 6.45) is 0. The van der Waals surface area contributed by atoms with Crippen molar-refractivity contribution >= 4 is 27.5 Å². The van der Waals surface area contributed by atoms with Crippen LogP contribution >= 0.6 is 0 Å². The second-order valence-corrected chi connectivity index (χ2v) is 3.82. The van der Waals surface area contributed by atoms with Gasteiger partial charge in [0.15, 0.2) is 0 Å². The number of fused-ring (bicyclic) bond motifs is 3. The van der Waals surface area contributed by atoms with E-state index >= 15 is 0 Å². The van der Waals surface area contributed by atoms with Crippen LogP contribution in [0.4, 0.5) is 5.69 Å². The van der Waals surface area contributed by atoms with Crippen LogP contribution in [0.3, 0.4) is 0 Å². The van der Waals surface area contributed by atoms with Gasteiger partial charge in [0.05, 0.1) is 11.2 Å². The van der Waals surface area contributed by atoms with E-state index in [1.165, 1.54) is 16.3 Å². The lowest BCUT2D eigenvalue weighted by atomic mass is 10.1. The van der Waals surface area contributed by atoms with Crippen LogP contribution in [0, 0.1) is 0 Å². The fraction of sp³-hybridized carbons (Fsp3) is 0.0769. The van der Waals surface area contributed by atoms with Gasteiger partial charge in [-0.05, 0) is 12.1 Å². The van der Waals surface area contributed by atoms with Gasteiger partial charge in [-0.15, -0.1) is 0 Å². The van der Waals surface area contributed by atoms with E-state index < -0.39 is 0 Å². The second-order valence-electron chi connectivity index (χ2n) is 3.82. The third kappa shape index (κ3) is 0.988. The maximum atomic E-state index is 6.00. The minimum Gasteiger partial charge on any atom is -0.397 e.